The van der Waals surface area contributed by atoms with Crippen LogP contribution in [0.15, 0.2) is 58.2 Å². The molecule has 0 spiro atoms. The second kappa shape index (κ2) is 6.43. The molecule has 0 unspecified atom stereocenters. The maximum atomic E-state index is 8.64. The van der Waals surface area contributed by atoms with E-state index in [2.05, 4.69) is 32.1 Å². The van der Waals surface area contributed by atoms with Crippen LogP contribution in [0, 0.1) is 0 Å². The van der Waals surface area contributed by atoms with Crippen molar-refractivity contribution in [2.24, 2.45) is 10.9 Å². The number of oxime groups is 1. The van der Waals surface area contributed by atoms with E-state index in [1.807, 2.05) is 49.5 Å². The van der Waals surface area contributed by atoms with Crippen molar-refractivity contribution in [3.05, 3.63) is 64.1 Å². The molecule has 0 fully saturated rings. The summed E-state index contributed by atoms with van der Waals surface area (Å²) in [5.41, 5.74) is 8.53. The molecule has 2 aromatic rings. The van der Waals surface area contributed by atoms with Crippen molar-refractivity contribution in [1.29, 1.82) is 0 Å². The number of hydrogen-bond acceptors (Lipinski definition) is 3. The molecule has 3 N–H and O–H groups in total. The van der Waals surface area contributed by atoms with Crippen LogP contribution in [0.3, 0.4) is 0 Å². The van der Waals surface area contributed by atoms with Crippen LogP contribution >= 0.6 is 15.9 Å². The first-order valence-corrected chi connectivity index (χ1v) is 6.93. The summed E-state index contributed by atoms with van der Waals surface area (Å²) in [4.78, 5) is 2.14. The van der Waals surface area contributed by atoms with E-state index >= 15 is 0 Å². The van der Waals surface area contributed by atoms with E-state index in [1.54, 1.807) is 0 Å². The summed E-state index contributed by atoms with van der Waals surface area (Å²) in [6.07, 6.45) is 0. The van der Waals surface area contributed by atoms with Crippen LogP contribution in [-0.2, 0) is 6.54 Å². The summed E-state index contributed by atoms with van der Waals surface area (Å²) < 4.78 is 1.10. The lowest BCUT2D eigenvalue weighted by molar-refractivity contribution is 0.318. The third-order valence-electron chi connectivity index (χ3n) is 3.08. The Hall–Kier alpha value is -2.01. The Morgan fingerprint density at radius 2 is 1.85 bits per heavy atom. The van der Waals surface area contributed by atoms with Gasteiger partial charge in [0.1, 0.15) is 0 Å². The molecule has 2 aromatic carbocycles. The average Bonchev–Trinajstić information content (AvgIpc) is 2.49. The van der Waals surface area contributed by atoms with E-state index < -0.39 is 0 Å². The number of amidine groups is 1. The standard InChI is InChI=1S/C15H16BrN3O/c1-19(10-12-4-2-3-5-14(12)16)13-8-6-11(7-9-13)15(17)18-20/h2-9,20H,10H2,1H3,(H2,17,18). The van der Waals surface area contributed by atoms with E-state index in [0.717, 1.165) is 16.7 Å². The Kier molecular flexibility index (Phi) is 4.63. The van der Waals surface area contributed by atoms with Crippen LogP contribution in [0.1, 0.15) is 11.1 Å². The fourth-order valence-corrected chi connectivity index (χ4v) is 2.33. The number of hydrogen-bond donors (Lipinski definition) is 2. The largest absolute Gasteiger partial charge is 0.409 e. The van der Waals surface area contributed by atoms with E-state index in [-0.39, 0.29) is 5.84 Å². The molecule has 0 radical (unpaired) electrons. The van der Waals surface area contributed by atoms with Crippen molar-refractivity contribution in [1.82, 2.24) is 0 Å². The highest BCUT2D eigenvalue weighted by atomic mass is 79.9. The van der Waals surface area contributed by atoms with Crippen LogP contribution in [0.25, 0.3) is 0 Å². The van der Waals surface area contributed by atoms with Crippen LogP contribution in [0.4, 0.5) is 5.69 Å². The quantitative estimate of drug-likeness (QED) is 0.391. The van der Waals surface area contributed by atoms with E-state index in [9.17, 15) is 0 Å². The van der Waals surface area contributed by atoms with Gasteiger partial charge in [0.15, 0.2) is 5.84 Å². The zero-order valence-corrected chi connectivity index (χ0v) is 12.7. The van der Waals surface area contributed by atoms with Gasteiger partial charge in [-0.2, -0.15) is 0 Å². The third kappa shape index (κ3) is 3.30. The highest BCUT2D eigenvalue weighted by molar-refractivity contribution is 9.10. The minimum absolute atomic E-state index is 0.116. The monoisotopic (exact) mass is 333 g/mol. The molecule has 0 aliphatic rings. The lowest BCUT2D eigenvalue weighted by Crippen LogP contribution is -2.17. The van der Waals surface area contributed by atoms with Crippen molar-refractivity contribution in [3.8, 4) is 0 Å². The van der Waals surface area contributed by atoms with Crippen molar-refractivity contribution in [2.45, 2.75) is 6.54 Å². The van der Waals surface area contributed by atoms with Gasteiger partial charge < -0.3 is 15.8 Å². The first-order chi connectivity index (χ1) is 9.61. The second-order valence-electron chi connectivity index (χ2n) is 4.48. The molecule has 104 valence electrons. The van der Waals surface area contributed by atoms with Crippen molar-refractivity contribution < 1.29 is 5.21 Å². The van der Waals surface area contributed by atoms with Crippen molar-refractivity contribution in [3.63, 3.8) is 0 Å². The first-order valence-electron chi connectivity index (χ1n) is 6.14. The maximum Gasteiger partial charge on any atom is 0.170 e. The minimum Gasteiger partial charge on any atom is -0.409 e. The zero-order chi connectivity index (χ0) is 14.5. The van der Waals surface area contributed by atoms with Gasteiger partial charge in [0, 0.05) is 29.3 Å². The molecule has 0 heterocycles. The summed E-state index contributed by atoms with van der Waals surface area (Å²) in [6.45, 7) is 0.796. The SMILES string of the molecule is CN(Cc1ccccc1Br)c1ccc(C(N)=NO)cc1. The molecule has 4 nitrogen and oxygen atoms in total. The van der Waals surface area contributed by atoms with E-state index in [4.69, 9.17) is 10.9 Å². The number of nitrogens with zero attached hydrogens (tertiary/aromatic N) is 2. The molecular formula is C15H16BrN3O. The summed E-state index contributed by atoms with van der Waals surface area (Å²) in [7, 11) is 2.03. The maximum absolute atomic E-state index is 8.64. The topological polar surface area (TPSA) is 61.8 Å². The highest BCUT2D eigenvalue weighted by Crippen LogP contribution is 2.21. The molecule has 0 aliphatic carbocycles. The Bertz CT molecular complexity index is 611. The lowest BCUT2D eigenvalue weighted by Gasteiger charge is -2.20. The Morgan fingerprint density at radius 1 is 1.20 bits per heavy atom. The fourth-order valence-electron chi connectivity index (χ4n) is 1.92. The van der Waals surface area contributed by atoms with Gasteiger partial charge in [0.25, 0.3) is 0 Å². The van der Waals surface area contributed by atoms with E-state index in [0.29, 0.717) is 5.56 Å². The zero-order valence-electron chi connectivity index (χ0n) is 11.1. The van der Waals surface area contributed by atoms with Gasteiger partial charge in [0.05, 0.1) is 0 Å². The van der Waals surface area contributed by atoms with Crippen molar-refractivity contribution in [2.75, 3.05) is 11.9 Å². The summed E-state index contributed by atoms with van der Waals surface area (Å²) in [5.74, 6) is 0.116. The summed E-state index contributed by atoms with van der Waals surface area (Å²) >= 11 is 3.55. The molecule has 0 saturated carbocycles. The molecule has 0 amide bonds. The smallest absolute Gasteiger partial charge is 0.170 e. The van der Waals surface area contributed by atoms with Crippen LogP contribution in [0.5, 0.6) is 0 Å². The minimum atomic E-state index is 0.116. The van der Waals surface area contributed by atoms with Gasteiger partial charge in [-0.15, -0.1) is 0 Å². The number of anilines is 1. The van der Waals surface area contributed by atoms with Crippen LogP contribution in [0.2, 0.25) is 0 Å². The molecule has 2 rings (SSSR count). The second-order valence-corrected chi connectivity index (χ2v) is 5.33. The summed E-state index contributed by atoms with van der Waals surface area (Å²) in [6, 6.07) is 15.7. The number of nitrogens with two attached hydrogens (primary N) is 1. The first kappa shape index (κ1) is 14.4. The molecular weight excluding hydrogens is 318 g/mol. The third-order valence-corrected chi connectivity index (χ3v) is 3.85. The highest BCUT2D eigenvalue weighted by Gasteiger charge is 2.06. The predicted molar refractivity (Wildman–Crippen MR) is 85.2 cm³/mol. The van der Waals surface area contributed by atoms with Gasteiger partial charge in [-0.1, -0.05) is 39.3 Å². The van der Waals surface area contributed by atoms with Gasteiger partial charge in [0.2, 0.25) is 0 Å². The fraction of sp³-hybridized carbons (Fsp3) is 0.133. The molecule has 0 atom stereocenters. The Balaban J connectivity index is 2.14. The number of halogens is 1. The molecule has 0 bridgehead atoms. The molecule has 0 aromatic heterocycles. The molecule has 0 aliphatic heterocycles. The molecule has 20 heavy (non-hydrogen) atoms. The van der Waals surface area contributed by atoms with E-state index in [1.165, 1.54) is 5.56 Å². The lowest BCUT2D eigenvalue weighted by atomic mass is 10.1. The summed E-state index contributed by atoms with van der Waals surface area (Å²) in [5, 5.41) is 11.6. The molecule has 0 saturated heterocycles. The van der Waals surface area contributed by atoms with Gasteiger partial charge >= 0.3 is 0 Å². The van der Waals surface area contributed by atoms with Crippen LogP contribution < -0.4 is 10.6 Å². The predicted octanol–water partition coefficient (Wildman–Crippen LogP) is 3.18. The van der Waals surface area contributed by atoms with Crippen LogP contribution in [-0.4, -0.2) is 18.1 Å². The van der Waals surface area contributed by atoms with Crippen molar-refractivity contribution >= 4 is 27.5 Å². The Labute approximate surface area is 126 Å². The van der Waals surface area contributed by atoms with Gasteiger partial charge in [-0.3, -0.25) is 0 Å². The Morgan fingerprint density at radius 3 is 2.45 bits per heavy atom. The van der Waals surface area contributed by atoms with Gasteiger partial charge in [-0.25, -0.2) is 0 Å². The number of rotatable bonds is 4. The molecule has 5 heteroatoms. The number of benzene rings is 2. The normalized spacial score (nSPS) is 11.4. The van der Waals surface area contributed by atoms with Gasteiger partial charge in [-0.05, 0) is 35.9 Å². The average molecular weight is 334 g/mol.